The standard InChI is InChI=1S/C13H16N4O/c1-10-6-11(9-18)7-15-13(10)17-5-4-16-3-2-14-12(16)8-17/h2-3,6-7,18H,4-5,8-9H2,1H3. The van der Waals surface area contributed by atoms with Crippen LogP contribution in [-0.4, -0.2) is 26.2 Å². The number of aryl methyl sites for hydroxylation is 1. The molecule has 3 rings (SSSR count). The average molecular weight is 244 g/mol. The molecule has 0 saturated carbocycles. The second-order valence-corrected chi connectivity index (χ2v) is 4.60. The van der Waals surface area contributed by atoms with Gasteiger partial charge >= 0.3 is 0 Å². The number of hydrogen-bond donors (Lipinski definition) is 1. The van der Waals surface area contributed by atoms with Crippen LogP contribution in [0.5, 0.6) is 0 Å². The van der Waals surface area contributed by atoms with E-state index >= 15 is 0 Å². The van der Waals surface area contributed by atoms with Crippen LogP contribution in [0.15, 0.2) is 24.7 Å². The van der Waals surface area contributed by atoms with Crippen molar-refractivity contribution in [3.63, 3.8) is 0 Å². The maximum absolute atomic E-state index is 9.10. The van der Waals surface area contributed by atoms with Gasteiger partial charge in [0.05, 0.1) is 13.2 Å². The monoisotopic (exact) mass is 244 g/mol. The molecule has 1 aliphatic rings. The second-order valence-electron chi connectivity index (χ2n) is 4.60. The largest absolute Gasteiger partial charge is 0.392 e. The summed E-state index contributed by atoms with van der Waals surface area (Å²) in [5.41, 5.74) is 1.95. The number of aromatic nitrogens is 3. The van der Waals surface area contributed by atoms with Crippen LogP contribution in [0.1, 0.15) is 17.0 Å². The van der Waals surface area contributed by atoms with Crippen LogP contribution in [0.25, 0.3) is 0 Å². The van der Waals surface area contributed by atoms with E-state index in [9.17, 15) is 0 Å². The Hall–Kier alpha value is -1.88. The van der Waals surface area contributed by atoms with Crippen molar-refractivity contribution < 1.29 is 5.11 Å². The van der Waals surface area contributed by atoms with Crippen LogP contribution in [0.3, 0.4) is 0 Å². The van der Waals surface area contributed by atoms with Gasteiger partial charge in [0.15, 0.2) is 0 Å². The van der Waals surface area contributed by atoms with Gasteiger partial charge in [-0.2, -0.15) is 0 Å². The summed E-state index contributed by atoms with van der Waals surface area (Å²) in [5.74, 6) is 2.06. The van der Waals surface area contributed by atoms with Crippen LogP contribution in [-0.2, 0) is 19.7 Å². The third kappa shape index (κ3) is 1.86. The van der Waals surface area contributed by atoms with Crippen molar-refractivity contribution in [1.82, 2.24) is 14.5 Å². The van der Waals surface area contributed by atoms with Crippen LogP contribution < -0.4 is 4.90 Å². The summed E-state index contributed by atoms with van der Waals surface area (Å²) in [6, 6.07) is 1.99. The molecule has 18 heavy (non-hydrogen) atoms. The van der Waals surface area contributed by atoms with E-state index in [1.54, 1.807) is 6.20 Å². The number of aliphatic hydroxyl groups excluding tert-OH is 1. The Morgan fingerprint density at radius 3 is 3.00 bits per heavy atom. The summed E-state index contributed by atoms with van der Waals surface area (Å²) in [7, 11) is 0. The molecular formula is C13H16N4O. The van der Waals surface area contributed by atoms with Gasteiger partial charge in [0.2, 0.25) is 0 Å². The minimum Gasteiger partial charge on any atom is -0.392 e. The van der Waals surface area contributed by atoms with Gasteiger partial charge in [-0.3, -0.25) is 0 Å². The van der Waals surface area contributed by atoms with Crippen LogP contribution >= 0.6 is 0 Å². The third-order valence-corrected chi connectivity index (χ3v) is 3.33. The SMILES string of the molecule is Cc1cc(CO)cnc1N1CCn2ccnc2C1. The zero-order valence-corrected chi connectivity index (χ0v) is 10.4. The van der Waals surface area contributed by atoms with Crippen molar-refractivity contribution in [3.05, 3.63) is 41.6 Å². The maximum Gasteiger partial charge on any atom is 0.131 e. The Bertz CT molecular complexity index is 564. The number of rotatable bonds is 2. The van der Waals surface area contributed by atoms with Gasteiger partial charge in [-0.15, -0.1) is 0 Å². The number of pyridine rings is 1. The molecule has 0 atom stereocenters. The lowest BCUT2D eigenvalue weighted by atomic mass is 10.2. The molecule has 0 amide bonds. The van der Waals surface area contributed by atoms with Crippen molar-refractivity contribution in [2.24, 2.45) is 0 Å². The molecule has 1 aliphatic heterocycles. The first-order valence-electron chi connectivity index (χ1n) is 6.09. The molecule has 5 heteroatoms. The number of imidazole rings is 1. The van der Waals surface area contributed by atoms with E-state index in [0.717, 1.165) is 42.4 Å². The summed E-state index contributed by atoms with van der Waals surface area (Å²) in [6.45, 7) is 4.74. The van der Waals surface area contributed by atoms with E-state index in [4.69, 9.17) is 5.11 Å². The molecule has 2 aromatic rings. The minimum absolute atomic E-state index is 0.0402. The molecule has 2 aromatic heterocycles. The van der Waals surface area contributed by atoms with E-state index in [-0.39, 0.29) is 6.61 Å². The van der Waals surface area contributed by atoms with Gasteiger partial charge < -0.3 is 14.6 Å². The van der Waals surface area contributed by atoms with E-state index in [0.29, 0.717) is 0 Å². The number of anilines is 1. The first-order valence-corrected chi connectivity index (χ1v) is 6.09. The molecule has 0 spiro atoms. The molecule has 0 unspecified atom stereocenters. The van der Waals surface area contributed by atoms with Gasteiger partial charge in [0.1, 0.15) is 11.6 Å². The Morgan fingerprint density at radius 1 is 1.33 bits per heavy atom. The molecule has 94 valence electrons. The van der Waals surface area contributed by atoms with Crippen LogP contribution in [0.2, 0.25) is 0 Å². The lowest BCUT2D eigenvalue weighted by molar-refractivity contribution is 0.281. The highest BCUT2D eigenvalue weighted by Crippen LogP contribution is 2.22. The fourth-order valence-corrected chi connectivity index (χ4v) is 2.40. The quantitative estimate of drug-likeness (QED) is 0.859. The van der Waals surface area contributed by atoms with E-state index in [1.807, 2.05) is 25.4 Å². The van der Waals surface area contributed by atoms with E-state index < -0.39 is 0 Å². The molecule has 0 bridgehead atoms. The predicted octanol–water partition coefficient (Wildman–Crippen LogP) is 1.10. The first-order chi connectivity index (χ1) is 8.78. The lowest BCUT2D eigenvalue weighted by Crippen LogP contribution is -2.34. The van der Waals surface area contributed by atoms with Gasteiger partial charge in [0, 0.05) is 31.7 Å². The van der Waals surface area contributed by atoms with Crippen LogP contribution in [0.4, 0.5) is 5.82 Å². The van der Waals surface area contributed by atoms with Gasteiger partial charge in [-0.25, -0.2) is 9.97 Å². The smallest absolute Gasteiger partial charge is 0.131 e. The summed E-state index contributed by atoms with van der Waals surface area (Å²) in [4.78, 5) is 11.0. The Labute approximate surface area is 106 Å². The summed E-state index contributed by atoms with van der Waals surface area (Å²) >= 11 is 0. The highest BCUT2D eigenvalue weighted by Gasteiger charge is 2.19. The molecule has 0 saturated heterocycles. The van der Waals surface area contributed by atoms with Crippen molar-refractivity contribution in [2.45, 2.75) is 26.6 Å². The zero-order chi connectivity index (χ0) is 12.5. The second kappa shape index (κ2) is 4.42. The number of nitrogens with zero attached hydrogens (tertiary/aromatic N) is 4. The predicted molar refractivity (Wildman–Crippen MR) is 68.2 cm³/mol. The molecule has 0 aromatic carbocycles. The molecule has 5 nitrogen and oxygen atoms in total. The summed E-state index contributed by atoms with van der Waals surface area (Å²) in [6.07, 6.45) is 5.60. The van der Waals surface area contributed by atoms with Crippen molar-refractivity contribution in [2.75, 3.05) is 11.4 Å². The Kier molecular flexibility index (Phi) is 2.76. The van der Waals surface area contributed by atoms with Gasteiger partial charge in [-0.1, -0.05) is 0 Å². The normalized spacial score (nSPS) is 14.7. The number of fused-ring (bicyclic) bond motifs is 1. The van der Waals surface area contributed by atoms with Crippen molar-refractivity contribution in [1.29, 1.82) is 0 Å². The number of hydrogen-bond acceptors (Lipinski definition) is 4. The highest BCUT2D eigenvalue weighted by molar-refractivity contribution is 5.47. The topological polar surface area (TPSA) is 54.2 Å². The van der Waals surface area contributed by atoms with E-state index in [1.165, 1.54) is 0 Å². The van der Waals surface area contributed by atoms with E-state index in [2.05, 4.69) is 19.4 Å². The molecule has 3 heterocycles. The first kappa shape index (κ1) is 11.2. The van der Waals surface area contributed by atoms with Crippen molar-refractivity contribution in [3.8, 4) is 0 Å². The summed E-state index contributed by atoms with van der Waals surface area (Å²) < 4.78 is 2.17. The van der Waals surface area contributed by atoms with Gasteiger partial charge in [-0.05, 0) is 24.1 Å². The minimum atomic E-state index is 0.0402. The Balaban J connectivity index is 1.88. The van der Waals surface area contributed by atoms with Gasteiger partial charge in [0.25, 0.3) is 0 Å². The maximum atomic E-state index is 9.10. The number of aliphatic hydroxyl groups is 1. The molecular weight excluding hydrogens is 228 g/mol. The Morgan fingerprint density at radius 2 is 2.22 bits per heavy atom. The van der Waals surface area contributed by atoms with Crippen LogP contribution in [0, 0.1) is 6.92 Å². The molecule has 0 radical (unpaired) electrons. The third-order valence-electron chi connectivity index (χ3n) is 3.33. The molecule has 1 N–H and O–H groups in total. The molecule has 0 fully saturated rings. The fourth-order valence-electron chi connectivity index (χ4n) is 2.40. The zero-order valence-electron chi connectivity index (χ0n) is 10.4. The average Bonchev–Trinajstić information content (AvgIpc) is 2.85. The molecule has 0 aliphatic carbocycles. The lowest BCUT2D eigenvalue weighted by Gasteiger charge is -2.29. The van der Waals surface area contributed by atoms with Crippen molar-refractivity contribution >= 4 is 5.82 Å². The summed E-state index contributed by atoms with van der Waals surface area (Å²) in [5, 5.41) is 9.10. The highest BCUT2D eigenvalue weighted by atomic mass is 16.3. The fraction of sp³-hybridized carbons (Fsp3) is 0.385.